The second-order valence-corrected chi connectivity index (χ2v) is 6.19. The number of anilines is 1. The minimum atomic E-state index is -1.35. The number of hydrogen-bond acceptors (Lipinski definition) is 5. The fraction of sp³-hybridized carbons (Fsp3) is 0.0870. The quantitative estimate of drug-likeness (QED) is 0.439. The lowest BCUT2D eigenvalue weighted by Crippen LogP contribution is -2.35. The first-order valence-corrected chi connectivity index (χ1v) is 9.00. The van der Waals surface area contributed by atoms with Crippen LogP contribution in [0.1, 0.15) is 21.5 Å². The van der Waals surface area contributed by atoms with Crippen LogP contribution in [0.25, 0.3) is 0 Å². The van der Waals surface area contributed by atoms with Crippen LogP contribution in [0.5, 0.6) is 0 Å². The van der Waals surface area contributed by atoms with Crippen LogP contribution in [0.4, 0.5) is 5.69 Å². The third-order valence-electron chi connectivity index (χ3n) is 4.16. The van der Waals surface area contributed by atoms with Crippen LogP contribution < -0.4 is 10.0 Å². The molecule has 0 N–H and O–H groups in total. The Kier molecular flexibility index (Phi) is 6.73. The average Bonchev–Trinajstić information content (AvgIpc) is 2.76. The third kappa shape index (κ3) is 5.52. The number of para-hydroxylation sites is 1. The summed E-state index contributed by atoms with van der Waals surface area (Å²) in [5.41, 5.74) is 1.87. The van der Waals surface area contributed by atoms with Crippen molar-refractivity contribution in [3.05, 3.63) is 102 Å². The van der Waals surface area contributed by atoms with Crippen molar-refractivity contribution < 1.29 is 19.5 Å². The van der Waals surface area contributed by atoms with E-state index in [4.69, 9.17) is 4.84 Å². The molecule has 0 saturated carbocycles. The average molecular weight is 387 g/mol. The maximum Gasteiger partial charge on any atom is 0.268 e. The van der Waals surface area contributed by atoms with Gasteiger partial charge in [0.2, 0.25) is 0 Å². The van der Waals surface area contributed by atoms with E-state index in [1.54, 1.807) is 18.2 Å². The summed E-state index contributed by atoms with van der Waals surface area (Å²) in [5, 5.41) is 15.3. The van der Waals surface area contributed by atoms with Gasteiger partial charge in [0, 0.05) is 5.56 Å². The first kappa shape index (κ1) is 19.8. The molecule has 29 heavy (non-hydrogen) atoms. The minimum absolute atomic E-state index is 0.0652. The molecule has 146 valence electrons. The number of carbonyl (C=O) groups excluding carboxylic acids is 2. The molecule has 0 spiro atoms. The second kappa shape index (κ2) is 9.85. The van der Waals surface area contributed by atoms with Gasteiger partial charge < -0.3 is 19.6 Å². The summed E-state index contributed by atoms with van der Waals surface area (Å²) in [6, 6.07) is 24.8. The van der Waals surface area contributed by atoms with Gasteiger partial charge in [0.05, 0.1) is 24.4 Å². The van der Waals surface area contributed by atoms with E-state index in [-0.39, 0.29) is 24.4 Å². The molecule has 3 rings (SSSR count). The highest BCUT2D eigenvalue weighted by atomic mass is 16.6. The number of carboxylic acid groups (broad SMARTS) is 1. The molecule has 0 radical (unpaired) electrons. The van der Waals surface area contributed by atoms with Crippen molar-refractivity contribution in [1.29, 1.82) is 0 Å². The van der Waals surface area contributed by atoms with Crippen LogP contribution in [-0.4, -0.2) is 24.7 Å². The van der Waals surface area contributed by atoms with Gasteiger partial charge in [0.1, 0.15) is 0 Å². The molecule has 0 bridgehead atoms. The van der Waals surface area contributed by atoms with Gasteiger partial charge in [-0.2, -0.15) is 0 Å². The molecule has 1 amide bonds. The number of benzene rings is 3. The zero-order chi connectivity index (χ0) is 20.5. The van der Waals surface area contributed by atoms with Crippen LogP contribution in [-0.2, 0) is 16.2 Å². The van der Waals surface area contributed by atoms with E-state index in [2.05, 4.69) is 5.16 Å². The maximum atomic E-state index is 12.8. The second-order valence-electron chi connectivity index (χ2n) is 6.19. The van der Waals surface area contributed by atoms with Gasteiger partial charge in [-0.05, 0) is 17.2 Å². The van der Waals surface area contributed by atoms with Crippen molar-refractivity contribution >= 4 is 23.8 Å². The van der Waals surface area contributed by atoms with Crippen molar-refractivity contribution in [2.45, 2.75) is 6.54 Å². The Hall–Kier alpha value is -3.93. The highest BCUT2D eigenvalue weighted by Crippen LogP contribution is 2.22. The lowest BCUT2D eigenvalue weighted by molar-refractivity contribution is -0.254. The zero-order valence-electron chi connectivity index (χ0n) is 15.6. The third-order valence-corrected chi connectivity index (χ3v) is 4.16. The van der Waals surface area contributed by atoms with Gasteiger partial charge in [-0.3, -0.25) is 4.79 Å². The molecule has 6 nitrogen and oxygen atoms in total. The predicted molar refractivity (Wildman–Crippen MR) is 108 cm³/mol. The Morgan fingerprint density at radius 1 is 0.897 bits per heavy atom. The Morgan fingerprint density at radius 2 is 1.52 bits per heavy atom. The lowest BCUT2D eigenvalue weighted by atomic mass is 10.1. The molecule has 0 unspecified atom stereocenters. The van der Waals surface area contributed by atoms with Gasteiger partial charge in [0.15, 0.2) is 6.61 Å². The van der Waals surface area contributed by atoms with Crippen molar-refractivity contribution in [2.75, 3.05) is 11.5 Å². The van der Waals surface area contributed by atoms with Crippen molar-refractivity contribution in [2.24, 2.45) is 5.16 Å². The fourth-order valence-electron chi connectivity index (χ4n) is 2.76. The number of oxime groups is 1. The zero-order valence-corrected chi connectivity index (χ0v) is 15.6. The number of carboxylic acids is 1. The molecule has 0 fully saturated rings. The number of hydrogen-bond donors (Lipinski definition) is 0. The summed E-state index contributed by atoms with van der Waals surface area (Å²) in [6.45, 7) is -0.146. The summed E-state index contributed by atoms with van der Waals surface area (Å²) >= 11 is 0. The molecular formula is C23H19N2O4-. The monoisotopic (exact) mass is 387 g/mol. The fourth-order valence-corrected chi connectivity index (χ4v) is 2.76. The number of aromatic carboxylic acids is 1. The topological polar surface area (TPSA) is 82.0 Å². The number of rotatable bonds is 8. The summed E-state index contributed by atoms with van der Waals surface area (Å²) in [5.74, 6) is -1.78. The number of carbonyl (C=O) groups is 2. The van der Waals surface area contributed by atoms with Crippen LogP contribution in [0, 0.1) is 0 Å². The van der Waals surface area contributed by atoms with Crippen molar-refractivity contribution in [3.8, 4) is 0 Å². The Bertz CT molecular complexity index is 988. The molecule has 6 heteroatoms. The number of nitrogens with zero attached hydrogens (tertiary/aromatic N) is 2. The SMILES string of the molecule is O=C([O-])c1ccccc1N(Cc1ccccc1)C(=O)CO/N=C\c1ccccc1. The molecule has 0 atom stereocenters. The Balaban J connectivity index is 1.78. The van der Waals surface area contributed by atoms with Crippen LogP contribution >= 0.6 is 0 Å². The summed E-state index contributed by atoms with van der Waals surface area (Å²) < 4.78 is 0. The highest BCUT2D eigenvalue weighted by molar-refractivity contribution is 6.01. The van der Waals surface area contributed by atoms with E-state index in [9.17, 15) is 14.7 Å². The minimum Gasteiger partial charge on any atom is -0.545 e. The standard InChI is InChI=1S/C23H20N2O4/c26-22(17-29-24-15-18-9-3-1-4-10-18)25(16-19-11-5-2-6-12-19)21-14-8-7-13-20(21)23(27)28/h1-15H,16-17H2,(H,27,28)/p-1/b24-15-. The summed E-state index contributed by atoms with van der Waals surface area (Å²) in [6.07, 6.45) is 1.50. The maximum absolute atomic E-state index is 12.8. The van der Waals surface area contributed by atoms with Crippen molar-refractivity contribution in [3.63, 3.8) is 0 Å². The van der Waals surface area contributed by atoms with Crippen LogP contribution in [0.3, 0.4) is 0 Å². The summed E-state index contributed by atoms with van der Waals surface area (Å²) in [4.78, 5) is 30.9. The smallest absolute Gasteiger partial charge is 0.268 e. The van der Waals surface area contributed by atoms with E-state index in [0.29, 0.717) is 0 Å². The molecule has 0 aliphatic heterocycles. The summed E-state index contributed by atoms with van der Waals surface area (Å²) in [7, 11) is 0. The molecule has 0 aliphatic carbocycles. The Morgan fingerprint density at radius 3 is 2.21 bits per heavy atom. The van der Waals surface area contributed by atoms with E-state index in [1.807, 2.05) is 60.7 Å². The van der Waals surface area contributed by atoms with Gasteiger partial charge in [0.25, 0.3) is 5.91 Å². The van der Waals surface area contributed by atoms with E-state index in [1.165, 1.54) is 17.2 Å². The molecule has 3 aromatic carbocycles. The van der Waals surface area contributed by atoms with E-state index >= 15 is 0 Å². The molecule has 0 aliphatic rings. The molecule has 0 aromatic heterocycles. The molecule has 0 heterocycles. The van der Waals surface area contributed by atoms with Crippen molar-refractivity contribution in [1.82, 2.24) is 0 Å². The normalized spacial score (nSPS) is 10.6. The first-order valence-electron chi connectivity index (χ1n) is 9.00. The largest absolute Gasteiger partial charge is 0.545 e. The van der Waals surface area contributed by atoms with Gasteiger partial charge >= 0.3 is 0 Å². The van der Waals surface area contributed by atoms with Crippen LogP contribution in [0.15, 0.2) is 90.1 Å². The Labute approximate surface area is 168 Å². The van der Waals surface area contributed by atoms with Gasteiger partial charge in [-0.1, -0.05) is 84.0 Å². The molecular weight excluding hydrogens is 368 g/mol. The van der Waals surface area contributed by atoms with Crippen LogP contribution in [0.2, 0.25) is 0 Å². The van der Waals surface area contributed by atoms with E-state index < -0.39 is 11.9 Å². The molecule has 0 saturated heterocycles. The van der Waals surface area contributed by atoms with Gasteiger partial charge in [-0.25, -0.2) is 0 Å². The lowest BCUT2D eigenvalue weighted by Gasteiger charge is -2.25. The number of amides is 1. The van der Waals surface area contributed by atoms with E-state index in [0.717, 1.165) is 11.1 Å². The first-order chi connectivity index (χ1) is 14.1. The molecule has 3 aromatic rings. The highest BCUT2D eigenvalue weighted by Gasteiger charge is 2.20. The predicted octanol–water partition coefficient (Wildman–Crippen LogP) is 2.63. The van der Waals surface area contributed by atoms with Gasteiger partial charge in [-0.15, -0.1) is 0 Å².